The fraction of sp³-hybridized carbons (Fsp3) is 0.176. The van der Waals surface area contributed by atoms with Crippen LogP contribution in [-0.4, -0.2) is 29.3 Å². The van der Waals surface area contributed by atoms with Gasteiger partial charge in [0, 0.05) is 0 Å². The number of carbonyl (C=O) groups excluding carboxylic acids is 1. The van der Waals surface area contributed by atoms with E-state index in [0.717, 1.165) is 21.9 Å². The summed E-state index contributed by atoms with van der Waals surface area (Å²) >= 11 is 1.60. The van der Waals surface area contributed by atoms with Crippen LogP contribution in [0.15, 0.2) is 47.8 Å². The van der Waals surface area contributed by atoms with Crippen LogP contribution in [0.25, 0.3) is 10.6 Å². The number of aromatic nitrogens is 2. The van der Waals surface area contributed by atoms with Gasteiger partial charge in [-0.1, -0.05) is 24.3 Å². The van der Waals surface area contributed by atoms with Gasteiger partial charge < -0.3 is 10.1 Å². The minimum Gasteiger partial charge on any atom is -0.491 e. The number of nitrogens with zero attached hydrogens (tertiary/aromatic N) is 1. The van der Waals surface area contributed by atoms with E-state index < -0.39 is 0 Å². The molecule has 0 bridgehead atoms. The van der Waals surface area contributed by atoms with Gasteiger partial charge in [0.2, 0.25) is 0 Å². The number of ether oxygens (including phenoxy) is 1. The molecule has 1 aromatic carbocycles. The molecule has 6 heteroatoms. The van der Waals surface area contributed by atoms with E-state index in [2.05, 4.69) is 15.5 Å². The SMILES string of the molecule is Cc1ccccc1OCCNC(=O)c1cc(-c2cccs2)[nH]n1. The Morgan fingerprint density at radius 1 is 1.30 bits per heavy atom. The zero-order valence-corrected chi connectivity index (χ0v) is 13.5. The number of thiophene rings is 1. The van der Waals surface area contributed by atoms with Crippen molar-refractivity contribution < 1.29 is 9.53 Å². The number of rotatable bonds is 6. The highest BCUT2D eigenvalue weighted by Crippen LogP contribution is 2.22. The first-order valence-corrected chi connectivity index (χ1v) is 8.18. The summed E-state index contributed by atoms with van der Waals surface area (Å²) in [5, 5.41) is 11.7. The van der Waals surface area contributed by atoms with Crippen molar-refractivity contribution in [2.45, 2.75) is 6.92 Å². The maximum atomic E-state index is 12.1. The third kappa shape index (κ3) is 3.78. The van der Waals surface area contributed by atoms with Crippen LogP contribution in [-0.2, 0) is 0 Å². The minimum atomic E-state index is -0.211. The van der Waals surface area contributed by atoms with E-state index in [1.54, 1.807) is 17.4 Å². The van der Waals surface area contributed by atoms with Crippen LogP contribution in [0.5, 0.6) is 5.75 Å². The molecule has 0 spiro atoms. The second-order valence-electron chi connectivity index (χ2n) is 5.01. The van der Waals surface area contributed by atoms with E-state index in [-0.39, 0.29) is 5.91 Å². The standard InChI is InChI=1S/C17H17N3O2S/c1-12-5-2-3-6-15(12)22-9-8-18-17(21)14-11-13(19-20-14)16-7-4-10-23-16/h2-7,10-11H,8-9H2,1H3,(H,18,21)(H,19,20). The number of benzene rings is 1. The third-order valence-corrected chi connectivity index (χ3v) is 4.24. The van der Waals surface area contributed by atoms with Crippen LogP contribution in [0.4, 0.5) is 0 Å². The number of para-hydroxylation sites is 1. The van der Waals surface area contributed by atoms with Crippen molar-refractivity contribution in [2.75, 3.05) is 13.2 Å². The molecule has 0 saturated carbocycles. The number of carbonyl (C=O) groups is 1. The first-order valence-electron chi connectivity index (χ1n) is 7.30. The summed E-state index contributed by atoms with van der Waals surface area (Å²) in [6, 6.07) is 13.5. The summed E-state index contributed by atoms with van der Waals surface area (Å²) in [4.78, 5) is 13.1. The van der Waals surface area contributed by atoms with Crippen LogP contribution in [0.3, 0.4) is 0 Å². The van der Waals surface area contributed by atoms with E-state index in [1.165, 1.54) is 0 Å². The van der Waals surface area contributed by atoms with Gasteiger partial charge in [0.25, 0.3) is 5.91 Å². The van der Waals surface area contributed by atoms with Crippen LogP contribution < -0.4 is 10.1 Å². The van der Waals surface area contributed by atoms with Crippen LogP contribution in [0.1, 0.15) is 16.1 Å². The monoisotopic (exact) mass is 327 g/mol. The van der Waals surface area contributed by atoms with Gasteiger partial charge >= 0.3 is 0 Å². The molecule has 2 aromatic heterocycles. The van der Waals surface area contributed by atoms with Crippen LogP contribution >= 0.6 is 11.3 Å². The molecule has 2 N–H and O–H groups in total. The average molecular weight is 327 g/mol. The number of hydrogen-bond donors (Lipinski definition) is 2. The van der Waals surface area contributed by atoms with Gasteiger partial charge in [0.05, 0.1) is 17.1 Å². The first-order chi connectivity index (χ1) is 11.2. The molecule has 0 fully saturated rings. The predicted molar refractivity (Wildman–Crippen MR) is 90.9 cm³/mol. The lowest BCUT2D eigenvalue weighted by molar-refractivity contribution is 0.0942. The number of H-pyrrole nitrogens is 1. The zero-order chi connectivity index (χ0) is 16.1. The van der Waals surface area contributed by atoms with Gasteiger partial charge in [0.1, 0.15) is 12.4 Å². The first kappa shape index (κ1) is 15.3. The summed E-state index contributed by atoms with van der Waals surface area (Å²) in [5.74, 6) is 0.624. The molecular weight excluding hydrogens is 310 g/mol. The molecule has 0 unspecified atom stereocenters. The van der Waals surface area contributed by atoms with Gasteiger partial charge in [-0.3, -0.25) is 9.89 Å². The highest BCUT2D eigenvalue weighted by atomic mass is 32.1. The van der Waals surface area contributed by atoms with Gasteiger partial charge in [0.15, 0.2) is 5.69 Å². The molecule has 23 heavy (non-hydrogen) atoms. The quantitative estimate of drug-likeness (QED) is 0.683. The third-order valence-electron chi connectivity index (χ3n) is 3.34. The second-order valence-corrected chi connectivity index (χ2v) is 5.96. The van der Waals surface area contributed by atoms with E-state index in [1.807, 2.05) is 48.7 Å². The fourth-order valence-electron chi connectivity index (χ4n) is 2.13. The van der Waals surface area contributed by atoms with Crippen molar-refractivity contribution >= 4 is 17.2 Å². The Morgan fingerprint density at radius 3 is 2.96 bits per heavy atom. The molecule has 3 aromatic rings. The van der Waals surface area contributed by atoms with Crippen LogP contribution in [0, 0.1) is 6.92 Å². The Hall–Kier alpha value is -2.60. The molecule has 0 atom stereocenters. The Balaban J connectivity index is 1.49. The highest BCUT2D eigenvalue weighted by Gasteiger charge is 2.11. The predicted octanol–water partition coefficient (Wildman–Crippen LogP) is 3.26. The Labute approximate surface area is 138 Å². The molecule has 0 aliphatic carbocycles. The van der Waals surface area contributed by atoms with Crippen molar-refractivity contribution in [3.8, 4) is 16.3 Å². The maximum absolute atomic E-state index is 12.1. The Kier molecular flexibility index (Phi) is 4.73. The van der Waals surface area contributed by atoms with Crippen molar-refractivity contribution in [3.63, 3.8) is 0 Å². The number of amides is 1. The minimum absolute atomic E-state index is 0.211. The smallest absolute Gasteiger partial charge is 0.271 e. The molecule has 0 aliphatic rings. The highest BCUT2D eigenvalue weighted by molar-refractivity contribution is 7.13. The molecule has 2 heterocycles. The maximum Gasteiger partial charge on any atom is 0.271 e. The fourth-order valence-corrected chi connectivity index (χ4v) is 2.82. The molecule has 0 aliphatic heterocycles. The summed E-state index contributed by atoms with van der Waals surface area (Å²) < 4.78 is 5.65. The lowest BCUT2D eigenvalue weighted by Crippen LogP contribution is -2.28. The van der Waals surface area contributed by atoms with E-state index in [0.29, 0.717) is 18.8 Å². The number of hydrogen-bond acceptors (Lipinski definition) is 4. The van der Waals surface area contributed by atoms with E-state index >= 15 is 0 Å². The molecule has 0 radical (unpaired) electrons. The molecule has 5 nitrogen and oxygen atoms in total. The number of nitrogens with one attached hydrogen (secondary N) is 2. The summed E-state index contributed by atoms with van der Waals surface area (Å²) in [6.45, 7) is 2.83. The molecule has 0 saturated heterocycles. The van der Waals surface area contributed by atoms with E-state index in [9.17, 15) is 4.79 Å². The molecular formula is C17H17N3O2S. The lowest BCUT2D eigenvalue weighted by Gasteiger charge is -2.09. The summed E-state index contributed by atoms with van der Waals surface area (Å²) in [7, 11) is 0. The normalized spacial score (nSPS) is 10.5. The lowest BCUT2D eigenvalue weighted by atomic mass is 10.2. The Bertz CT molecular complexity index is 781. The second kappa shape index (κ2) is 7.11. The number of aromatic amines is 1. The van der Waals surface area contributed by atoms with Crippen molar-refractivity contribution in [1.29, 1.82) is 0 Å². The van der Waals surface area contributed by atoms with Crippen LogP contribution in [0.2, 0.25) is 0 Å². The van der Waals surface area contributed by atoms with Crippen molar-refractivity contribution in [3.05, 3.63) is 59.1 Å². The average Bonchev–Trinajstić information content (AvgIpc) is 3.23. The van der Waals surface area contributed by atoms with E-state index in [4.69, 9.17) is 4.74 Å². The van der Waals surface area contributed by atoms with Gasteiger partial charge in [-0.2, -0.15) is 5.10 Å². The van der Waals surface area contributed by atoms with Crippen molar-refractivity contribution in [1.82, 2.24) is 15.5 Å². The molecule has 118 valence electrons. The largest absolute Gasteiger partial charge is 0.491 e. The summed E-state index contributed by atoms with van der Waals surface area (Å²) in [5.41, 5.74) is 2.30. The zero-order valence-electron chi connectivity index (χ0n) is 12.7. The van der Waals surface area contributed by atoms with Crippen molar-refractivity contribution in [2.24, 2.45) is 0 Å². The molecule has 1 amide bonds. The molecule has 3 rings (SSSR count). The van der Waals surface area contributed by atoms with Gasteiger partial charge in [-0.25, -0.2) is 0 Å². The Morgan fingerprint density at radius 2 is 2.17 bits per heavy atom. The number of aryl methyl sites for hydroxylation is 1. The van der Waals surface area contributed by atoms with Gasteiger partial charge in [-0.15, -0.1) is 11.3 Å². The topological polar surface area (TPSA) is 67.0 Å². The summed E-state index contributed by atoms with van der Waals surface area (Å²) in [6.07, 6.45) is 0. The van der Waals surface area contributed by atoms with Gasteiger partial charge in [-0.05, 0) is 36.1 Å².